The Morgan fingerprint density at radius 3 is 1.42 bits per heavy atom. The molecule has 10 aromatic rings. The second kappa shape index (κ2) is 12.7. The topological polar surface area (TPSA) is 82.3 Å². The van der Waals surface area contributed by atoms with Gasteiger partial charge < -0.3 is 0 Å². The van der Waals surface area contributed by atoms with Crippen LogP contribution in [-0.2, 0) is 0 Å². The predicted octanol–water partition coefficient (Wildman–Crippen LogP) is 10.6. The van der Waals surface area contributed by atoms with E-state index in [-0.39, 0.29) is 0 Å². The van der Waals surface area contributed by atoms with Gasteiger partial charge in [0.2, 0.25) is 0 Å². The van der Waals surface area contributed by atoms with Crippen LogP contribution in [0.4, 0.5) is 0 Å². The highest BCUT2D eigenvalue weighted by Gasteiger charge is 2.17. The van der Waals surface area contributed by atoms with Gasteiger partial charge in [-0.25, -0.2) is 19.9 Å². The van der Waals surface area contributed by atoms with Crippen LogP contribution >= 0.6 is 0 Å². The van der Waals surface area contributed by atoms with Crippen molar-refractivity contribution < 1.29 is 0 Å². The van der Waals surface area contributed by atoms with Crippen LogP contribution in [0.5, 0.6) is 0 Å². The van der Waals surface area contributed by atoms with Crippen molar-refractivity contribution in [1.29, 1.82) is 0 Å². The van der Waals surface area contributed by atoms with E-state index in [4.69, 9.17) is 30.1 Å². The van der Waals surface area contributed by atoms with Gasteiger partial charge in [0.1, 0.15) is 11.0 Å². The van der Waals surface area contributed by atoms with Crippen molar-refractivity contribution in [3.63, 3.8) is 0 Å². The third-order valence-electron chi connectivity index (χ3n) is 9.54. The molecule has 3 heterocycles. The maximum Gasteiger partial charge on any atom is 0.164 e. The van der Waals surface area contributed by atoms with Gasteiger partial charge in [-0.3, -0.25) is 0 Å². The zero-order valence-electron chi connectivity index (χ0n) is 28.4. The standard InChI is InChI=1S/C46H29N7/c1-4-12-33(13-5-1)44-48-45(34-14-6-2-7-15-34)50-46(49-44)35-26-22-31(23-27-35)30-20-24-32(25-21-30)42-38-28-29-40-43(41(38)37-18-10-11-19-39(37)47-42)52-53(51-40)36-16-8-3-9-17-36/h1-29H. The second-order valence-electron chi connectivity index (χ2n) is 12.9. The third kappa shape index (κ3) is 5.57. The van der Waals surface area contributed by atoms with E-state index in [9.17, 15) is 0 Å². The maximum atomic E-state index is 5.18. The highest BCUT2D eigenvalue weighted by Crippen LogP contribution is 2.37. The SMILES string of the molecule is c1ccc(-c2nc(-c3ccccc3)nc(-c3ccc(-c4ccc(-c5nc6ccccc6c6c5ccc5nn(-c7ccccc7)nc56)cc4)cc3)n2)cc1. The monoisotopic (exact) mass is 679 g/mol. The molecule has 0 aliphatic carbocycles. The van der Waals surface area contributed by atoms with E-state index in [1.165, 1.54) is 0 Å². The molecule has 248 valence electrons. The molecule has 0 bridgehead atoms. The Morgan fingerprint density at radius 1 is 0.321 bits per heavy atom. The average molecular weight is 680 g/mol. The van der Waals surface area contributed by atoms with E-state index >= 15 is 0 Å². The van der Waals surface area contributed by atoms with Gasteiger partial charge >= 0.3 is 0 Å². The lowest BCUT2D eigenvalue weighted by atomic mass is 9.97. The summed E-state index contributed by atoms with van der Waals surface area (Å²) < 4.78 is 0. The van der Waals surface area contributed by atoms with Gasteiger partial charge in [-0.2, -0.15) is 4.80 Å². The molecular weight excluding hydrogens is 651 g/mol. The van der Waals surface area contributed by atoms with Crippen LogP contribution in [0.1, 0.15) is 0 Å². The lowest BCUT2D eigenvalue weighted by Gasteiger charge is -2.11. The second-order valence-corrected chi connectivity index (χ2v) is 12.9. The zero-order chi connectivity index (χ0) is 35.1. The molecule has 3 aromatic heterocycles. The minimum atomic E-state index is 0.631. The normalized spacial score (nSPS) is 11.4. The summed E-state index contributed by atoms with van der Waals surface area (Å²) in [5, 5.41) is 12.9. The first-order chi connectivity index (χ1) is 26.2. The number of hydrogen-bond donors (Lipinski definition) is 0. The van der Waals surface area contributed by atoms with Gasteiger partial charge in [0.15, 0.2) is 17.5 Å². The molecule has 0 atom stereocenters. The Labute approximate surface area is 304 Å². The fourth-order valence-electron chi connectivity index (χ4n) is 6.88. The van der Waals surface area contributed by atoms with Crippen molar-refractivity contribution in [2.45, 2.75) is 0 Å². The number of nitrogens with zero attached hydrogens (tertiary/aromatic N) is 7. The molecule has 0 aliphatic rings. The number of hydrogen-bond acceptors (Lipinski definition) is 6. The highest BCUT2D eigenvalue weighted by molar-refractivity contribution is 6.20. The first kappa shape index (κ1) is 30.4. The van der Waals surface area contributed by atoms with Crippen molar-refractivity contribution in [2.24, 2.45) is 0 Å². The number of fused-ring (bicyclic) bond motifs is 5. The predicted molar refractivity (Wildman–Crippen MR) is 212 cm³/mol. The molecule has 0 N–H and O–H groups in total. The summed E-state index contributed by atoms with van der Waals surface area (Å²) in [7, 11) is 0. The summed E-state index contributed by atoms with van der Waals surface area (Å²) in [6.45, 7) is 0. The summed E-state index contributed by atoms with van der Waals surface area (Å²) in [4.78, 5) is 21.5. The van der Waals surface area contributed by atoms with Gasteiger partial charge in [-0.1, -0.05) is 146 Å². The third-order valence-corrected chi connectivity index (χ3v) is 9.54. The molecule has 0 fully saturated rings. The largest absolute Gasteiger partial charge is 0.247 e. The van der Waals surface area contributed by atoms with E-state index < -0.39 is 0 Å². The first-order valence-electron chi connectivity index (χ1n) is 17.5. The molecular formula is C46H29N7. The minimum absolute atomic E-state index is 0.631. The molecule has 7 heteroatoms. The van der Waals surface area contributed by atoms with Crippen molar-refractivity contribution in [1.82, 2.24) is 34.9 Å². The lowest BCUT2D eigenvalue weighted by molar-refractivity contribution is 0.766. The summed E-state index contributed by atoms with van der Waals surface area (Å²) >= 11 is 0. The Balaban J connectivity index is 1.01. The summed E-state index contributed by atoms with van der Waals surface area (Å²) in [6.07, 6.45) is 0. The Hall–Kier alpha value is -7.38. The van der Waals surface area contributed by atoms with E-state index in [1.807, 2.05) is 103 Å². The summed E-state index contributed by atoms with van der Waals surface area (Å²) in [5.74, 6) is 1.92. The number of para-hydroxylation sites is 2. The molecule has 0 amide bonds. The van der Waals surface area contributed by atoms with Crippen molar-refractivity contribution in [2.75, 3.05) is 0 Å². The van der Waals surface area contributed by atoms with Crippen LogP contribution in [0.15, 0.2) is 176 Å². The lowest BCUT2D eigenvalue weighted by Crippen LogP contribution is -2.00. The van der Waals surface area contributed by atoms with Crippen LogP contribution in [-0.4, -0.2) is 34.9 Å². The van der Waals surface area contributed by atoms with Crippen LogP contribution < -0.4 is 0 Å². The molecule has 0 aliphatic heterocycles. The van der Waals surface area contributed by atoms with Gasteiger partial charge in [-0.05, 0) is 41.5 Å². The smallest absolute Gasteiger partial charge is 0.164 e. The molecule has 53 heavy (non-hydrogen) atoms. The van der Waals surface area contributed by atoms with Crippen molar-refractivity contribution in [3.05, 3.63) is 176 Å². The van der Waals surface area contributed by atoms with E-state index in [0.717, 1.165) is 77.5 Å². The van der Waals surface area contributed by atoms with Gasteiger partial charge in [-0.15, -0.1) is 10.2 Å². The number of pyridine rings is 1. The molecule has 0 unspecified atom stereocenters. The molecule has 0 saturated heterocycles. The summed E-state index contributed by atoms with van der Waals surface area (Å²) in [6, 6.07) is 59.5. The van der Waals surface area contributed by atoms with Crippen LogP contribution in [0.25, 0.3) is 94.9 Å². The van der Waals surface area contributed by atoms with E-state index in [1.54, 1.807) is 4.80 Å². The Kier molecular flexibility index (Phi) is 7.32. The first-order valence-corrected chi connectivity index (χ1v) is 17.5. The van der Waals surface area contributed by atoms with Crippen molar-refractivity contribution >= 4 is 32.7 Å². The van der Waals surface area contributed by atoms with Crippen LogP contribution in [0, 0.1) is 0 Å². The molecule has 0 radical (unpaired) electrons. The fourth-order valence-corrected chi connectivity index (χ4v) is 6.88. The van der Waals surface area contributed by atoms with Crippen LogP contribution in [0.3, 0.4) is 0 Å². The number of rotatable bonds is 6. The van der Waals surface area contributed by atoms with E-state index in [0.29, 0.717) is 17.5 Å². The van der Waals surface area contributed by atoms with E-state index in [2.05, 4.69) is 72.8 Å². The highest BCUT2D eigenvalue weighted by atomic mass is 15.5. The average Bonchev–Trinajstić information content (AvgIpc) is 3.69. The number of aromatic nitrogens is 7. The zero-order valence-corrected chi connectivity index (χ0v) is 28.4. The minimum Gasteiger partial charge on any atom is -0.247 e. The summed E-state index contributed by atoms with van der Waals surface area (Å²) in [5.41, 5.74) is 10.5. The maximum absolute atomic E-state index is 5.18. The Morgan fingerprint density at radius 2 is 0.811 bits per heavy atom. The molecule has 7 aromatic carbocycles. The molecule has 0 spiro atoms. The molecule has 10 rings (SSSR count). The van der Waals surface area contributed by atoms with Gasteiger partial charge in [0, 0.05) is 38.4 Å². The molecule has 7 nitrogen and oxygen atoms in total. The van der Waals surface area contributed by atoms with Gasteiger partial charge in [0.05, 0.1) is 16.9 Å². The van der Waals surface area contributed by atoms with Crippen molar-refractivity contribution in [3.8, 4) is 62.2 Å². The van der Waals surface area contributed by atoms with Gasteiger partial charge in [0.25, 0.3) is 0 Å². The quantitative estimate of drug-likeness (QED) is 0.163. The van der Waals surface area contributed by atoms with Crippen LogP contribution in [0.2, 0.25) is 0 Å². The fraction of sp³-hybridized carbons (Fsp3) is 0. The number of benzene rings is 7. The molecule has 0 saturated carbocycles. The Bertz CT molecular complexity index is 2850.